The highest BCUT2D eigenvalue weighted by Gasteiger charge is 2.45. The Morgan fingerprint density at radius 1 is 1.39 bits per heavy atom. The predicted octanol–water partition coefficient (Wildman–Crippen LogP) is 2.68. The van der Waals surface area contributed by atoms with Crippen molar-refractivity contribution in [1.82, 2.24) is 4.98 Å². The molecule has 1 spiro atoms. The molecule has 0 aromatic carbocycles. The fourth-order valence-corrected chi connectivity index (χ4v) is 2.90. The molecule has 1 aliphatic heterocycles. The van der Waals surface area contributed by atoms with E-state index < -0.39 is 0 Å². The van der Waals surface area contributed by atoms with E-state index >= 15 is 0 Å². The van der Waals surface area contributed by atoms with Crippen molar-refractivity contribution in [2.45, 2.75) is 32.6 Å². The first-order valence-electron chi connectivity index (χ1n) is 6.47. The summed E-state index contributed by atoms with van der Waals surface area (Å²) in [5.41, 5.74) is 1.15. The van der Waals surface area contributed by atoms with E-state index in [1.165, 1.54) is 25.7 Å². The van der Waals surface area contributed by atoms with Crippen LogP contribution in [-0.2, 0) is 0 Å². The van der Waals surface area contributed by atoms with Gasteiger partial charge in [-0.25, -0.2) is 4.98 Å². The van der Waals surface area contributed by atoms with E-state index in [1.54, 1.807) is 19.1 Å². The van der Waals surface area contributed by atoms with E-state index in [9.17, 15) is 10.1 Å². The van der Waals surface area contributed by atoms with Gasteiger partial charge < -0.3 is 4.90 Å². The van der Waals surface area contributed by atoms with Crippen LogP contribution in [0.25, 0.3) is 0 Å². The lowest BCUT2D eigenvalue weighted by atomic mass is 9.95. The van der Waals surface area contributed by atoms with Crippen LogP contribution in [0.5, 0.6) is 0 Å². The standard InChI is InChI=1S/C13H17N3O2/c1-10-11(16(17)18)3-4-12(14-10)15-8-2-5-13(9-15)6-7-13/h3-4H,2,5-9H2,1H3. The number of piperidine rings is 1. The van der Waals surface area contributed by atoms with E-state index in [-0.39, 0.29) is 10.6 Å². The molecule has 2 fully saturated rings. The minimum atomic E-state index is -0.370. The molecule has 1 aromatic rings. The van der Waals surface area contributed by atoms with Crippen LogP contribution >= 0.6 is 0 Å². The number of nitrogens with zero attached hydrogens (tertiary/aromatic N) is 3. The molecule has 0 radical (unpaired) electrons. The first kappa shape index (κ1) is 11.4. The van der Waals surface area contributed by atoms with Crippen molar-refractivity contribution in [1.29, 1.82) is 0 Å². The largest absolute Gasteiger partial charge is 0.356 e. The number of pyridine rings is 1. The Kier molecular flexibility index (Phi) is 2.50. The normalized spacial score (nSPS) is 21.1. The number of rotatable bonds is 2. The van der Waals surface area contributed by atoms with Crippen molar-refractivity contribution < 1.29 is 4.92 Å². The van der Waals surface area contributed by atoms with Gasteiger partial charge in [0.1, 0.15) is 11.5 Å². The first-order valence-corrected chi connectivity index (χ1v) is 6.47. The summed E-state index contributed by atoms with van der Waals surface area (Å²) in [5.74, 6) is 0.893. The van der Waals surface area contributed by atoms with Gasteiger partial charge in [0.15, 0.2) is 0 Å². The van der Waals surface area contributed by atoms with E-state index in [0.29, 0.717) is 11.1 Å². The molecule has 2 heterocycles. The average Bonchev–Trinajstić information content (AvgIpc) is 3.08. The van der Waals surface area contributed by atoms with Crippen molar-refractivity contribution >= 4 is 11.5 Å². The smallest absolute Gasteiger partial charge is 0.290 e. The Hall–Kier alpha value is -1.65. The van der Waals surface area contributed by atoms with Gasteiger partial charge in [-0.05, 0) is 44.1 Å². The lowest BCUT2D eigenvalue weighted by Gasteiger charge is -2.33. The maximum absolute atomic E-state index is 10.8. The summed E-state index contributed by atoms with van der Waals surface area (Å²) in [6, 6.07) is 3.36. The molecule has 3 rings (SSSR count). The maximum atomic E-state index is 10.8. The van der Waals surface area contributed by atoms with Crippen LogP contribution in [0, 0.1) is 22.5 Å². The number of hydrogen-bond donors (Lipinski definition) is 0. The molecule has 18 heavy (non-hydrogen) atoms. The number of hydrogen-bond acceptors (Lipinski definition) is 4. The number of nitro groups is 1. The Balaban J connectivity index is 1.83. The summed E-state index contributed by atoms with van der Waals surface area (Å²) in [5, 5.41) is 10.8. The van der Waals surface area contributed by atoms with E-state index in [1.807, 2.05) is 0 Å². The third-order valence-electron chi connectivity index (χ3n) is 4.18. The Morgan fingerprint density at radius 3 is 2.78 bits per heavy atom. The molecular formula is C13H17N3O2. The molecule has 0 N–H and O–H groups in total. The third-order valence-corrected chi connectivity index (χ3v) is 4.18. The quantitative estimate of drug-likeness (QED) is 0.595. The van der Waals surface area contributed by atoms with Crippen molar-refractivity contribution in [3.63, 3.8) is 0 Å². The Bertz CT molecular complexity index is 497. The highest BCUT2D eigenvalue weighted by Crippen LogP contribution is 2.52. The van der Waals surface area contributed by atoms with Crippen LogP contribution in [0.4, 0.5) is 11.5 Å². The average molecular weight is 247 g/mol. The Morgan fingerprint density at radius 2 is 2.17 bits per heavy atom. The summed E-state index contributed by atoms with van der Waals surface area (Å²) >= 11 is 0. The number of aromatic nitrogens is 1. The van der Waals surface area contributed by atoms with Gasteiger partial charge in [-0.1, -0.05) is 0 Å². The van der Waals surface area contributed by atoms with Gasteiger partial charge in [0.2, 0.25) is 0 Å². The first-order chi connectivity index (χ1) is 8.60. The zero-order chi connectivity index (χ0) is 12.8. The Labute approximate surface area is 106 Å². The summed E-state index contributed by atoms with van der Waals surface area (Å²) < 4.78 is 0. The van der Waals surface area contributed by atoms with Crippen LogP contribution in [-0.4, -0.2) is 23.0 Å². The maximum Gasteiger partial charge on any atom is 0.290 e. The molecule has 1 saturated carbocycles. The van der Waals surface area contributed by atoms with E-state index in [0.717, 1.165) is 18.9 Å². The van der Waals surface area contributed by atoms with Gasteiger partial charge in [-0.15, -0.1) is 0 Å². The van der Waals surface area contributed by atoms with Crippen LogP contribution < -0.4 is 4.90 Å². The molecule has 1 saturated heterocycles. The molecular weight excluding hydrogens is 230 g/mol. The van der Waals surface area contributed by atoms with Crippen molar-refractivity contribution in [2.24, 2.45) is 5.41 Å². The number of aryl methyl sites for hydroxylation is 1. The molecule has 5 nitrogen and oxygen atoms in total. The van der Waals surface area contributed by atoms with Crippen molar-refractivity contribution in [3.8, 4) is 0 Å². The molecule has 0 atom stereocenters. The highest BCUT2D eigenvalue weighted by molar-refractivity contribution is 5.47. The molecule has 0 unspecified atom stereocenters. The summed E-state index contributed by atoms with van der Waals surface area (Å²) in [6.07, 6.45) is 5.19. The molecule has 1 aromatic heterocycles. The monoisotopic (exact) mass is 247 g/mol. The lowest BCUT2D eigenvalue weighted by Crippen LogP contribution is -2.37. The van der Waals surface area contributed by atoms with Gasteiger partial charge in [0, 0.05) is 19.2 Å². The van der Waals surface area contributed by atoms with Crippen molar-refractivity contribution in [3.05, 3.63) is 27.9 Å². The van der Waals surface area contributed by atoms with Gasteiger partial charge in [-0.2, -0.15) is 0 Å². The minimum absolute atomic E-state index is 0.108. The second-order valence-corrected chi connectivity index (χ2v) is 5.56. The van der Waals surface area contributed by atoms with E-state index in [4.69, 9.17) is 0 Å². The van der Waals surface area contributed by atoms with Crippen molar-refractivity contribution in [2.75, 3.05) is 18.0 Å². The van der Waals surface area contributed by atoms with Gasteiger partial charge in [0.25, 0.3) is 5.69 Å². The van der Waals surface area contributed by atoms with Gasteiger partial charge in [0.05, 0.1) is 4.92 Å². The second-order valence-electron chi connectivity index (χ2n) is 5.56. The molecule has 1 aliphatic carbocycles. The fourth-order valence-electron chi connectivity index (χ4n) is 2.90. The molecule has 0 bridgehead atoms. The summed E-state index contributed by atoms with van der Waals surface area (Å²) in [6.45, 7) is 3.79. The summed E-state index contributed by atoms with van der Waals surface area (Å²) in [4.78, 5) is 17.1. The van der Waals surface area contributed by atoms with Crippen LogP contribution in [0.2, 0.25) is 0 Å². The summed E-state index contributed by atoms with van der Waals surface area (Å²) in [7, 11) is 0. The molecule has 96 valence electrons. The zero-order valence-corrected chi connectivity index (χ0v) is 10.6. The molecule has 2 aliphatic rings. The van der Waals surface area contributed by atoms with Crippen LogP contribution in [0.15, 0.2) is 12.1 Å². The van der Waals surface area contributed by atoms with Crippen LogP contribution in [0.1, 0.15) is 31.4 Å². The molecule has 0 amide bonds. The SMILES string of the molecule is Cc1nc(N2CCCC3(CC3)C2)ccc1[N+](=O)[O-]. The lowest BCUT2D eigenvalue weighted by molar-refractivity contribution is -0.385. The molecule has 5 heteroatoms. The second kappa shape index (κ2) is 3.93. The highest BCUT2D eigenvalue weighted by atomic mass is 16.6. The third kappa shape index (κ3) is 1.94. The fraction of sp³-hybridized carbons (Fsp3) is 0.615. The van der Waals surface area contributed by atoms with E-state index in [2.05, 4.69) is 9.88 Å². The topological polar surface area (TPSA) is 59.3 Å². The zero-order valence-electron chi connectivity index (χ0n) is 10.6. The minimum Gasteiger partial charge on any atom is -0.356 e. The van der Waals surface area contributed by atoms with Gasteiger partial charge >= 0.3 is 0 Å². The van der Waals surface area contributed by atoms with Crippen LogP contribution in [0.3, 0.4) is 0 Å². The number of anilines is 1. The van der Waals surface area contributed by atoms with Gasteiger partial charge in [-0.3, -0.25) is 10.1 Å². The predicted molar refractivity (Wildman–Crippen MR) is 68.7 cm³/mol.